The minimum atomic E-state index is -0.335. The van der Waals surface area contributed by atoms with Gasteiger partial charge in [0.1, 0.15) is 11.4 Å². The van der Waals surface area contributed by atoms with Crippen LogP contribution in [-0.2, 0) is 0 Å². The molecule has 0 amide bonds. The fourth-order valence-corrected chi connectivity index (χ4v) is 6.31. The van der Waals surface area contributed by atoms with E-state index in [1.165, 1.54) is 0 Å². The lowest BCUT2D eigenvalue weighted by molar-refractivity contribution is -0.642. The maximum Gasteiger partial charge on any atom is 0.324 e. The number of allylic oxidation sites excluding steroid dienone is 2. The van der Waals surface area contributed by atoms with Crippen molar-refractivity contribution in [1.82, 2.24) is 14.0 Å². The highest BCUT2D eigenvalue weighted by Crippen LogP contribution is 2.41. The number of quaternary nitrogens is 1. The van der Waals surface area contributed by atoms with Crippen LogP contribution in [0.3, 0.4) is 0 Å². The number of fused-ring (bicyclic) bond motifs is 10. The Kier molecular flexibility index (Phi) is 4.66. The molecule has 0 saturated carbocycles. The zero-order valence-electron chi connectivity index (χ0n) is 21.8. The van der Waals surface area contributed by atoms with Crippen molar-refractivity contribution in [3.05, 3.63) is 121 Å². The van der Waals surface area contributed by atoms with E-state index in [0.717, 1.165) is 67.2 Å². The lowest BCUT2D eigenvalue weighted by Gasteiger charge is -2.22. The van der Waals surface area contributed by atoms with Crippen LogP contribution in [0.4, 0.5) is 22.7 Å². The van der Waals surface area contributed by atoms with E-state index in [4.69, 9.17) is 9.98 Å². The van der Waals surface area contributed by atoms with Crippen LogP contribution < -0.4 is 9.80 Å². The van der Waals surface area contributed by atoms with Crippen LogP contribution in [0.25, 0.3) is 27.8 Å². The van der Waals surface area contributed by atoms with Crippen molar-refractivity contribution in [2.75, 3.05) is 4.90 Å². The molecule has 8 rings (SSSR count). The van der Waals surface area contributed by atoms with Crippen LogP contribution in [0.15, 0.2) is 126 Å². The molecule has 40 heavy (non-hydrogen) atoms. The van der Waals surface area contributed by atoms with Crippen LogP contribution >= 0.6 is 0 Å². The molecule has 0 saturated heterocycles. The molecular weight excluding hydrogens is 494 g/mol. The van der Waals surface area contributed by atoms with Crippen LogP contribution in [0.1, 0.15) is 13.0 Å². The van der Waals surface area contributed by atoms with Gasteiger partial charge in [0.25, 0.3) is 0 Å². The van der Waals surface area contributed by atoms with Gasteiger partial charge >= 0.3 is 5.96 Å². The van der Waals surface area contributed by atoms with Gasteiger partial charge in [0, 0.05) is 12.1 Å². The minimum Gasteiger partial charge on any atom is -0.301 e. The second kappa shape index (κ2) is 8.27. The maximum atomic E-state index is 10.7. The molecule has 7 nitrogen and oxygen atoms in total. The summed E-state index contributed by atoms with van der Waals surface area (Å²) in [5.41, 5.74) is 9.45. The van der Waals surface area contributed by atoms with Crippen LogP contribution in [0.2, 0.25) is 0 Å². The number of rotatable bonds is 4. The number of anilines is 1. The highest BCUT2D eigenvalue weighted by molar-refractivity contribution is 6.07. The summed E-state index contributed by atoms with van der Waals surface area (Å²) in [5, 5.41) is 10.7. The predicted octanol–water partition coefficient (Wildman–Crippen LogP) is 6.34. The van der Waals surface area contributed by atoms with Crippen LogP contribution in [0.5, 0.6) is 0 Å². The molecule has 4 heterocycles. The number of hydrogen-bond acceptors (Lipinski definition) is 4. The first-order valence-electron chi connectivity index (χ1n) is 13.3. The Morgan fingerprint density at radius 3 is 2.35 bits per heavy atom. The molecule has 0 spiro atoms. The number of nitriles is 1. The summed E-state index contributed by atoms with van der Waals surface area (Å²) in [6.45, 7) is 6.25. The van der Waals surface area contributed by atoms with Gasteiger partial charge in [-0.25, -0.2) is 14.8 Å². The van der Waals surface area contributed by atoms with Crippen molar-refractivity contribution >= 4 is 56.6 Å². The van der Waals surface area contributed by atoms with Gasteiger partial charge in [-0.15, -0.1) is 0 Å². The standard InChI is InChI=1S/C33H23N7/c1-3-25(38-30-18-10-11-19-31(30)40-27-15-7-5-13-24(27)36-33(38)40)22(20-34)21(2)37-28-16-8-9-17-29(28)39-26-14-6-4-12-23(26)35-32(37)39/h3-19,21H,1H2,2H3/p+1. The van der Waals surface area contributed by atoms with E-state index >= 15 is 0 Å². The zero-order chi connectivity index (χ0) is 27.0. The molecule has 4 aromatic carbocycles. The number of nitrogens with zero attached hydrogens (tertiary/aromatic N) is 6. The van der Waals surface area contributed by atoms with Gasteiger partial charge in [-0.3, -0.25) is 4.40 Å². The van der Waals surface area contributed by atoms with Gasteiger partial charge in [-0.2, -0.15) is 10.3 Å². The Morgan fingerprint density at radius 1 is 0.875 bits per heavy atom. The number of guanidine groups is 1. The number of aliphatic imine (C=N–C) groups is 1. The van der Waals surface area contributed by atoms with E-state index in [-0.39, 0.29) is 6.04 Å². The van der Waals surface area contributed by atoms with Crippen molar-refractivity contribution in [1.29, 1.82) is 5.26 Å². The molecule has 2 unspecified atom stereocenters. The fourth-order valence-electron chi connectivity index (χ4n) is 6.31. The van der Waals surface area contributed by atoms with Gasteiger partial charge < -0.3 is 4.57 Å². The number of imidazole rings is 2. The molecular formula is C33H24N7+. The summed E-state index contributed by atoms with van der Waals surface area (Å²) in [6, 6.07) is 35.1. The number of para-hydroxylation sites is 8. The van der Waals surface area contributed by atoms with Crippen LogP contribution in [0, 0.1) is 11.3 Å². The van der Waals surface area contributed by atoms with Crippen molar-refractivity contribution < 1.29 is 4.90 Å². The molecule has 2 aliphatic rings. The topological polar surface area (TPSA) is 66.1 Å². The average molecular weight is 519 g/mol. The fraction of sp³-hybridized carbons (Fsp3) is 0.0606. The molecule has 7 heteroatoms. The first kappa shape index (κ1) is 22.5. The zero-order valence-corrected chi connectivity index (χ0v) is 21.8. The third-order valence-electron chi connectivity index (χ3n) is 8.03. The van der Waals surface area contributed by atoms with E-state index in [1.807, 2.05) is 60.7 Å². The number of hydrogen-bond donors (Lipinski definition) is 1. The molecule has 0 bridgehead atoms. The molecule has 2 aliphatic heterocycles. The SMILES string of the molecule is C=CC(=C(C#N)C(C)n1c2ccccc2n2c3ccccc3nc12)N1C2=Nc3ccccc3[NH+]2c2ccccc21. The molecule has 0 aliphatic carbocycles. The van der Waals surface area contributed by atoms with Crippen molar-refractivity contribution in [3.8, 4) is 6.07 Å². The Morgan fingerprint density at radius 2 is 1.55 bits per heavy atom. The number of benzene rings is 4. The third-order valence-corrected chi connectivity index (χ3v) is 8.03. The molecule has 190 valence electrons. The monoisotopic (exact) mass is 518 g/mol. The number of nitrogens with one attached hydrogen (secondary N) is 1. The quantitative estimate of drug-likeness (QED) is 0.219. The van der Waals surface area contributed by atoms with Crippen molar-refractivity contribution in [2.24, 2.45) is 4.99 Å². The second-order valence-electron chi connectivity index (χ2n) is 10.1. The molecule has 6 aromatic rings. The predicted molar refractivity (Wildman–Crippen MR) is 158 cm³/mol. The first-order valence-corrected chi connectivity index (χ1v) is 13.3. The minimum absolute atomic E-state index is 0.335. The Hall–Kier alpha value is -5.45. The summed E-state index contributed by atoms with van der Waals surface area (Å²) < 4.78 is 4.34. The second-order valence-corrected chi connectivity index (χ2v) is 10.1. The lowest BCUT2D eigenvalue weighted by atomic mass is 10.1. The first-order chi connectivity index (χ1) is 19.7. The number of aromatic nitrogens is 3. The van der Waals surface area contributed by atoms with E-state index in [1.54, 1.807) is 6.08 Å². The van der Waals surface area contributed by atoms with Crippen molar-refractivity contribution in [2.45, 2.75) is 13.0 Å². The molecule has 2 atom stereocenters. The largest absolute Gasteiger partial charge is 0.324 e. The highest BCUT2D eigenvalue weighted by atomic mass is 15.5. The molecule has 2 aromatic heterocycles. The van der Waals surface area contributed by atoms with Gasteiger partial charge in [0.05, 0.1) is 45.4 Å². The van der Waals surface area contributed by atoms with Crippen LogP contribution in [-0.4, -0.2) is 19.9 Å². The summed E-state index contributed by atoms with van der Waals surface area (Å²) in [7, 11) is 0. The molecule has 1 N–H and O–H groups in total. The average Bonchev–Trinajstić information content (AvgIpc) is 3.72. The van der Waals surface area contributed by atoms with Crippen molar-refractivity contribution in [3.63, 3.8) is 0 Å². The summed E-state index contributed by atoms with van der Waals surface area (Å²) >= 11 is 0. The van der Waals surface area contributed by atoms with E-state index in [2.05, 4.69) is 69.8 Å². The van der Waals surface area contributed by atoms with E-state index in [9.17, 15) is 5.26 Å². The Labute approximate surface area is 230 Å². The lowest BCUT2D eigenvalue weighted by Crippen LogP contribution is -3.03. The highest BCUT2D eigenvalue weighted by Gasteiger charge is 2.46. The van der Waals surface area contributed by atoms with Gasteiger partial charge in [-0.05, 0) is 49.4 Å². The maximum absolute atomic E-state index is 10.7. The summed E-state index contributed by atoms with van der Waals surface area (Å²) in [5.74, 6) is 1.62. The van der Waals surface area contributed by atoms with Gasteiger partial charge in [-0.1, -0.05) is 55.1 Å². The summed E-state index contributed by atoms with van der Waals surface area (Å²) in [4.78, 5) is 13.2. The Bertz CT molecular complexity index is 2140. The molecule has 0 fully saturated rings. The van der Waals surface area contributed by atoms with E-state index < -0.39 is 0 Å². The van der Waals surface area contributed by atoms with Gasteiger partial charge in [0.2, 0.25) is 5.78 Å². The smallest absolute Gasteiger partial charge is 0.301 e. The van der Waals surface area contributed by atoms with E-state index in [0.29, 0.717) is 5.57 Å². The third kappa shape index (κ3) is 2.85. The molecule has 0 radical (unpaired) electrons. The Balaban J connectivity index is 1.38. The summed E-state index contributed by atoms with van der Waals surface area (Å²) in [6.07, 6.45) is 1.78. The normalized spacial score (nSPS) is 16.9. The van der Waals surface area contributed by atoms with Gasteiger partial charge in [0.15, 0.2) is 11.4 Å².